The van der Waals surface area contributed by atoms with Gasteiger partial charge in [-0.25, -0.2) is 18.2 Å². The standard InChI is InChI=1S/C24H20F3N3O4/c25-13-8-19(24(33)28-14-4-3-5-16(10-14)34-12-15(32)11-31)21-20(9-13)29-23(30-21)18-7-2-1-6-17(18)22(26)27/h1-10,15,22,31-32H,11-12H2,(H,28,33)(H,29,30)/t15-/m0/s1. The number of carbonyl (C=O) groups excluding carboxylic acids is 1. The van der Waals surface area contributed by atoms with Crippen molar-refractivity contribution >= 4 is 22.6 Å². The number of aliphatic hydroxyl groups excluding tert-OH is 2. The number of nitrogens with one attached hydrogen (secondary N) is 2. The molecular formula is C24H20F3N3O4. The number of benzene rings is 3. The van der Waals surface area contributed by atoms with Crippen LogP contribution in [0.4, 0.5) is 18.9 Å². The van der Waals surface area contributed by atoms with Crippen LogP contribution in [-0.2, 0) is 0 Å². The molecule has 4 N–H and O–H groups in total. The van der Waals surface area contributed by atoms with Crippen LogP contribution in [0.1, 0.15) is 22.3 Å². The number of nitrogens with zero attached hydrogens (tertiary/aromatic N) is 1. The van der Waals surface area contributed by atoms with E-state index < -0.39 is 30.9 Å². The van der Waals surface area contributed by atoms with Crippen molar-refractivity contribution in [3.63, 3.8) is 0 Å². The number of imidazole rings is 1. The summed E-state index contributed by atoms with van der Waals surface area (Å²) in [5, 5.41) is 20.9. The number of halogens is 3. The van der Waals surface area contributed by atoms with E-state index in [9.17, 15) is 23.1 Å². The highest BCUT2D eigenvalue weighted by Crippen LogP contribution is 2.31. The van der Waals surface area contributed by atoms with Crippen molar-refractivity contribution in [2.75, 3.05) is 18.5 Å². The van der Waals surface area contributed by atoms with Gasteiger partial charge in [0.25, 0.3) is 12.3 Å². The first-order valence-corrected chi connectivity index (χ1v) is 10.3. The first-order chi connectivity index (χ1) is 16.4. The highest BCUT2D eigenvalue weighted by Gasteiger charge is 2.20. The minimum absolute atomic E-state index is 0.0865. The number of amides is 1. The van der Waals surface area contributed by atoms with E-state index in [1.807, 2.05) is 0 Å². The number of H-pyrrole nitrogens is 1. The van der Waals surface area contributed by atoms with Crippen LogP contribution in [0.2, 0.25) is 0 Å². The third kappa shape index (κ3) is 5.03. The monoisotopic (exact) mass is 471 g/mol. The van der Waals surface area contributed by atoms with Gasteiger partial charge in [0, 0.05) is 22.9 Å². The molecule has 0 saturated heterocycles. The van der Waals surface area contributed by atoms with Crippen molar-refractivity contribution in [3.8, 4) is 17.1 Å². The lowest BCUT2D eigenvalue weighted by Crippen LogP contribution is -2.21. The molecule has 4 rings (SSSR count). The van der Waals surface area contributed by atoms with Crippen molar-refractivity contribution in [3.05, 3.63) is 77.6 Å². The van der Waals surface area contributed by atoms with Crippen molar-refractivity contribution in [1.29, 1.82) is 0 Å². The third-order valence-electron chi connectivity index (χ3n) is 4.99. The molecule has 0 bridgehead atoms. The number of aliphatic hydroxyl groups is 2. The fraction of sp³-hybridized carbons (Fsp3) is 0.167. The van der Waals surface area contributed by atoms with Gasteiger partial charge in [-0.3, -0.25) is 4.79 Å². The molecule has 7 nitrogen and oxygen atoms in total. The van der Waals surface area contributed by atoms with Crippen molar-refractivity contribution in [1.82, 2.24) is 9.97 Å². The Morgan fingerprint density at radius 3 is 2.68 bits per heavy atom. The van der Waals surface area contributed by atoms with Gasteiger partial charge in [-0.05, 0) is 24.3 Å². The van der Waals surface area contributed by atoms with E-state index in [4.69, 9.17) is 9.84 Å². The lowest BCUT2D eigenvalue weighted by Gasteiger charge is -2.11. The third-order valence-corrected chi connectivity index (χ3v) is 4.99. The lowest BCUT2D eigenvalue weighted by atomic mass is 10.1. The van der Waals surface area contributed by atoms with Gasteiger partial charge in [0.05, 0.1) is 17.7 Å². The Hall–Kier alpha value is -3.89. The number of hydrogen-bond acceptors (Lipinski definition) is 5. The Kier molecular flexibility index (Phi) is 6.80. The summed E-state index contributed by atoms with van der Waals surface area (Å²) in [6.45, 7) is -0.603. The largest absolute Gasteiger partial charge is 0.491 e. The maximum absolute atomic E-state index is 14.3. The molecule has 3 aromatic carbocycles. The molecule has 0 fully saturated rings. The van der Waals surface area contributed by atoms with Crippen LogP contribution < -0.4 is 10.1 Å². The normalized spacial score (nSPS) is 12.2. The number of ether oxygens (including phenoxy) is 1. The number of fused-ring (bicyclic) bond motifs is 1. The summed E-state index contributed by atoms with van der Waals surface area (Å²) in [4.78, 5) is 20.1. The van der Waals surface area contributed by atoms with Crippen molar-refractivity contribution in [2.24, 2.45) is 0 Å². The molecule has 0 unspecified atom stereocenters. The molecule has 0 spiro atoms. The predicted molar refractivity (Wildman–Crippen MR) is 119 cm³/mol. The quantitative estimate of drug-likeness (QED) is 0.307. The second-order valence-electron chi connectivity index (χ2n) is 7.45. The predicted octanol–water partition coefficient (Wildman–Crippen LogP) is 4.29. The summed E-state index contributed by atoms with van der Waals surface area (Å²) < 4.78 is 46.5. The Bertz CT molecular complexity index is 1330. The van der Waals surface area contributed by atoms with Gasteiger partial charge in [-0.2, -0.15) is 0 Å². The topological polar surface area (TPSA) is 107 Å². The molecule has 1 aromatic heterocycles. The van der Waals surface area contributed by atoms with Crippen LogP contribution >= 0.6 is 0 Å². The van der Waals surface area contributed by atoms with Gasteiger partial charge < -0.3 is 25.3 Å². The second-order valence-corrected chi connectivity index (χ2v) is 7.45. The summed E-state index contributed by atoms with van der Waals surface area (Å²) >= 11 is 0. The first-order valence-electron chi connectivity index (χ1n) is 10.3. The molecule has 34 heavy (non-hydrogen) atoms. The highest BCUT2D eigenvalue weighted by molar-refractivity contribution is 6.12. The van der Waals surface area contributed by atoms with Gasteiger partial charge >= 0.3 is 0 Å². The van der Waals surface area contributed by atoms with Crippen molar-refractivity contribution in [2.45, 2.75) is 12.5 Å². The van der Waals surface area contributed by atoms with Crippen LogP contribution in [0.15, 0.2) is 60.7 Å². The molecule has 0 aliphatic carbocycles. The maximum Gasteiger partial charge on any atom is 0.264 e. The van der Waals surface area contributed by atoms with Crippen molar-refractivity contribution < 1.29 is 32.9 Å². The van der Waals surface area contributed by atoms with Crippen LogP contribution in [-0.4, -0.2) is 45.4 Å². The molecule has 176 valence electrons. The molecule has 1 heterocycles. The molecule has 0 aliphatic rings. The minimum Gasteiger partial charge on any atom is -0.491 e. The average molecular weight is 471 g/mol. The van der Waals surface area contributed by atoms with Crippen LogP contribution in [0.3, 0.4) is 0 Å². The summed E-state index contributed by atoms with van der Waals surface area (Å²) in [6, 6.07) is 14.2. The van der Waals surface area contributed by atoms with Gasteiger partial charge in [0.2, 0.25) is 0 Å². The Morgan fingerprint density at radius 1 is 1.12 bits per heavy atom. The van der Waals surface area contributed by atoms with E-state index >= 15 is 0 Å². The number of carbonyl (C=O) groups is 1. The van der Waals surface area contributed by atoms with Gasteiger partial charge in [0.1, 0.15) is 35.6 Å². The fourth-order valence-corrected chi connectivity index (χ4v) is 3.39. The Labute approximate surface area is 191 Å². The molecule has 0 saturated carbocycles. The molecule has 4 aromatic rings. The Morgan fingerprint density at radius 2 is 1.91 bits per heavy atom. The second kappa shape index (κ2) is 9.94. The molecular weight excluding hydrogens is 451 g/mol. The Balaban J connectivity index is 1.64. The zero-order valence-corrected chi connectivity index (χ0v) is 17.6. The SMILES string of the molecule is O=C(Nc1cccc(OC[C@@H](O)CO)c1)c1cc(F)cc2[nH]c(-c3ccccc3C(F)F)nc12. The smallest absolute Gasteiger partial charge is 0.264 e. The maximum atomic E-state index is 14.3. The molecule has 0 aliphatic heterocycles. The van der Waals surface area contributed by atoms with Crippen LogP contribution in [0, 0.1) is 5.82 Å². The van der Waals surface area contributed by atoms with Gasteiger partial charge in [-0.15, -0.1) is 0 Å². The average Bonchev–Trinajstić information content (AvgIpc) is 3.25. The number of alkyl halides is 2. The van der Waals surface area contributed by atoms with E-state index in [1.165, 1.54) is 24.3 Å². The molecule has 1 amide bonds. The number of aromatic amines is 1. The number of aromatic nitrogens is 2. The van der Waals surface area contributed by atoms with Gasteiger partial charge in [-0.1, -0.05) is 30.3 Å². The number of hydrogen-bond donors (Lipinski definition) is 4. The molecule has 1 atom stereocenters. The summed E-state index contributed by atoms with van der Waals surface area (Å²) in [5.41, 5.74) is 0.452. The lowest BCUT2D eigenvalue weighted by molar-refractivity contribution is 0.0536. The summed E-state index contributed by atoms with van der Waals surface area (Å²) in [7, 11) is 0. The van der Waals surface area contributed by atoms with Crippen LogP contribution in [0.5, 0.6) is 5.75 Å². The minimum atomic E-state index is -2.74. The highest BCUT2D eigenvalue weighted by atomic mass is 19.3. The number of rotatable bonds is 8. The summed E-state index contributed by atoms with van der Waals surface area (Å²) in [6.07, 6.45) is -3.79. The van der Waals surface area contributed by atoms with E-state index in [0.717, 1.165) is 12.1 Å². The first kappa shape index (κ1) is 23.3. The van der Waals surface area contributed by atoms with Crippen LogP contribution in [0.25, 0.3) is 22.4 Å². The van der Waals surface area contributed by atoms with E-state index in [2.05, 4.69) is 15.3 Å². The zero-order valence-electron chi connectivity index (χ0n) is 17.6. The zero-order chi connectivity index (χ0) is 24.2. The van der Waals surface area contributed by atoms with E-state index in [1.54, 1.807) is 24.3 Å². The van der Waals surface area contributed by atoms with E-state index in [0.29, 0.717) is 11.4 Å². The summed E-state index contributed by atoms with van der Waals surface area (Å²) in [5.74, 6) is -0.953. The number of anilines is 1. The van der Waals surface area contributed by atoms with E-state index in [-0.39, 0.29) is 40.2 Å². The molecule has 0 radical (unpaired) electrons. The fourth-order valence-electron chi connectivity index (χ4n) is 3.39. The van der Waals surface area contributed by atoms with Gasteiger partial charge in [0.15, 0.2) is 0 Å². The molecule has 10 heteroatoms.